The fraction of sp³-hybridized carbons (Fsp3) is 0.406. The summed E-state index contributed by atoms with van der Waals surface area (Å²) in [6.45, 7) is 0.409. The highest BCUT2D eigenvalue weighted by atomic mass is 35.7. The van der Waals surface area contributed by atoms with Gasteiger partial charge in [-0.3, -0.25) is 0 Å². The van der Waals surface area contributed by atoms with Crippen LogP contribution in [0.4, 0.5) is 26.3 Å². The first-order valence-electron chi connectivity index (χ1n) is 29.2. The van der Waals surface area contributed by atoms with Crippen LogP contribution in [0.25, 0.3) is 44.1 Å². The summed E-state index contributed by atoms with van der Waals surface area (Å²) in [6, 6.07) is 37.0. The van der Waals surface area contributed by atoms with Crippen molar-refractivity contribution in [1.29, 1.82) is 0 Å². The van der Waals surface area contributed by atoms with E-state index in [2.05, 4.69) is 24.5 Å². The molecule has 0 amide bonds. The lowest BCUT2D eigenvalue weighted by Gasteiger charge is -2.35. The third-order valence-electron chi connectivity index (χ3n) is 17.7. The smallest absolute Gasteiger partial charge is 0.405 e. The first-order valence-corrected chi connectivity index (χ1v) is 33.0. The topological polar surface area (TPSA) is 195 Å². The molecule has 0 spiro atoms. The van der Waals surface area contributed by atoms with Crippen molar-refractivity contribution in [3.63, 3.8) is 0 Å². The predicted octanol–water partition coefficient (Wildman–Crippen LogP) is 15.2. The third-order valence-corrected chi connectivity index (χ3v) is 20.6. The summed E-state index contributed by atoms with van der Waals surface area (Å²) < 4.78 is 163. The molecule has 0 radical (unpaired) electrons. The highest BCUT2D eigenvalue weighted by Crippen LogP contribution is 2.50. The average molecular weight is 1260 g/mol. The Bertz CT molecular complexity index is 3970. The van der Waals surface area contributed by atoms with Crippen LogP contribution in [0.5, 0.6) is 11.5 Å². The maximum Gasteiger partial charge on any atom is 0.573 e. The van der Waals surface area contributed by atoms with E-state index in [9.17, 15) is 43.2 Å². The van der Waals surface area contributed by atoms with Crippen molar-refractivity contribution >= 4 is 51.3 Å². The molecule has 4 unspecified atom stereocenters. The number of sulfonamides is 1. The van der Waals surface area contributed by atoms with Gasteiger partial charge in [-0.25, -0.2) is 21.6 Å². The van der Waals surface area contributed by atoms with E-state index in [1.54, 1.807) is 48.5 Å². The molecule has 6 aromatic carbocycles. The second-order valence-electron chi connectivity index (χ2n) is 23.5. The van der Waals surface area contributed by atoms with E-state index in [1.165, 1.54) is 36.4 Å². The van der Waals surface area contributed by atoms with Crippen molar-refractivity contribution in [3.05, 3.63) is 156 Å². The van der Waals surface area contributed by atoms with Crippen molar-refractivity contribution < 1.29 is 71.2 Å². The number of nitrogens with two attached hydrogens (primary N) is 1. The highest BCUT2D eigenvalue weighted by molar-refractivity contribution is 8.14. The average Bonchev–Trinajstić information content (AvgIpc) is 2.53. The molecule has 460 valence electrons. The van der Waals surface area contributed by atoms with E-state index >= 15 is 0 Å². The van der Waals surface area contributed by atoms with Gasteiger partial charge in [0.25, 0.3) is 9.05 Å². The molecule has 8 aromatic rings. The van der Waals surface area contributed by atoms with Crippen LogP contribution in [-0.4, -0.2) is 64.2 Å². The van der Waals surface area contributed by atoms with E-state index in [0.29, 0.717) is 58.2 Å². The van der Waals surface area contributed by atoms with Gasteiger partial charge in [-0.15, -0.1) is 26.3 Å². The van der Waals surface area contributed by atoms with Crippen LogP contribution in [0.15, 0.2) is 152 Å². The van der Waals surface area contributed by atoms with E-state index in [1.807, 2.05) is 48.5 Å². The molecule has 2 heterocycles. The summed E-state index contributed by atoms with van der Waals surface area (Å²) in [5, 5.41) is 11.4. The zero-order chi connectivity index (χ0) is 60.8. The number of para-hydroxylation sites is 2. The number of benzene rings is 6. The molecule has 2 aromatic heterocycles. The normalized spacial score (nSPS) is 23.6. The van der Waals surface area contributed by atoms with Crippen molar-refractivity contribution in [2.24, 2.45) is 29.4 Å². The Balaban J connectivity index is 0.000000144. The van der Waals surface area contributed by atoms with Crippen molar-refractivity contribution in [1.82, 2.24) is 15.0 Å². The van der Waals surface area contributed by atoms with Gasteiger partial charge in [0, 0.05) is 67.6 Å². The minimum Gasteiger partial charge on any atom is -0.405 e. The molecule has 6 aliphatic carbocycles. The molecule has 3 N–H and O–H groups in total. The van der Waals surface area contributed by atoms with E-state index in [4.69, 9.17) is 34.9 Å². The van der Waals surface area contributed by atoms with Crippen LogP contribution >= 0.6 is 10.7 Å². The lowest BCUT2D eigenvalue weighted by atomic mass is 9.83. The first-order chi connectivity index (χ1) is 41.6. The van der Waals surface area contributed by atoms with Crippen molar-refractivity contribution in [2.45, 2.75) is 149 Å². The predicted molar refractivity (Wildman–Crippen MR) is 312 cm³/mol. The zero-order valence-corrected chi connectivity index (χ0v) is 49.3. The van der Waals surface area contributed by atoms with Crippen LogP contribution in [0.2, 0.25) is 0 Å². The van der Waals surface area contributed by atoms with Crippen LogP contribution in [0.1, 0.15) is 112 Å². The van der Waals surface area contributed by atoms with Gasteiger partial charge in [0.2, 0.25) is 10.0 Å². The van der Waals surface area contributed by atoms with Gasteiger partial charge < -0.3 is 33.7 Å². The van der Waals surface area contributed by atoms with Crippen LogP contribution in [0.3, 0.4) is 0 Å². The van der Waals surface area contributed by atoms with Gasteiger partial charge >= 0.3 is 12.7 Å². The summed E-state index contributed by atoms with van der Waals surface area (Å²) in [7, 11) is -2.09. The fourth-order valence-electron chi connectivity index (χ4n) is 13.4. The standard InChI is InChI=1S/C32H31F3N2O5S.C22H25F3N2O3.C10H7ClO2S/c33-32(34,35)41-27-10-4-3-9-25(27)30-26(31(42-36-30)20-12-13-20)18-40-23-16-21-14-15-22(17-23)29(21)37-43(38,39)28-11-5-7-19-6-1-2-8-24(19)28;23-22(24,25)29-18-4-2-1-3-16(18)20-17(21(30-27-20)12-5-6-12)11-28-15-9-13-7-8-14(10-15)19(13)26;11-14(12,13)10-7-3-5-8-4-1-2-6-9(8)10/h1-11,20-23,29,37H,12-18H2;1-4,12-15,19H,5-11,26H2;1-7H. The molecule has 0 saturated heterocycles. The summed E-state index contributed by atoms with van der Waals surface area (Å²) in [6.07, 6.45) is 1.55. The molecule has 0 aliphatic heterocycles. The first kappa shape index (κ1) is 60.7. The van der Waals surface area contributed by atoms with Crippen LogP contribution < -0.4 is 19.9 Å². The number of aromatic nitrogens is 2. The molecule has 4 atom stereocenters. The van der Waals surface area contributed by atoms with E-state index in [0.717, 1.165) is 86.3 Å². The number of hydrogen-bond donors (Lipinski definition) is 2. The molecule has 23 heteroatoms. The van der Waals surface area contributed by atoms with Gasteiger partial charge in [0.1, 0.15) is 34.4 Å². The number of rotatable bonds is 16. The minimum absolute atomic E-state index is 0.110. The Morgan fingerprint density at radius 3 is 1.36 bits per heavy atom. The molecule has 87 heavy (non-hydrogen) atoms. The monoisotopic (exact) mass is 1260 g/mol. The Labute approximate surface area is 503 Å². The number of nitrogens with zero attached hydrogens (tertiary/aromatic N) is 2. The maximum absolute atomic E-state index is 13.5. The number of halogens is 7. The lowest BCUT2D eigenvalue weighted by Crippen LogP contribution is -2.46. The number of nitrogens with one attached hydrogen (secondary N) is 1. The van der Waals surface area contributed by atoms with Gasteiger partial charge in [0.05, 0.1) is 35.2 Å². The Hall–Kier alpha value is -6.53. The summed E-state index contributed by atoms with van der Waals surface area (Å²) >= 11 is 0. The molecule has 6 aliphatic rings. The molecular weight excluding hydrogens is 1200 g/mol. The minimum atomic E-state index is -4.84. The van der Waals surface area contributed by atoms with Crippen molar-refractivity contribution in [2.75, 3.05) is 0 Å². The molecule has 14 rings (SSSR count). The molecule has 4 bridgehead atoms. The largest absolute Gasteiger partial charge is 0.573 e. The van der Waals surface area contributed by atoms with Gasteiger partial charge in [-0.2, -0.15) is 0 Å². The summed E-state index contributed by atoms with van der Waals surface area (Å²) in [4.78, 5) is 0.447. The Kier molecular flexibility index (Phi) is 17.3. The quantitative estimate of drug-likeness (QED) is 0.0686. The fourth-order valence-corrected chi connectivity index (χ4v) is 16.1. The summed E-state index contributed by atoms with van der Waals surface area (Å²) in [5.74, 6) is 2.42. The number of fused-ring (bicyclic) bond motifs is 6. The second-order valence-corrected chi connectivity index (χ2v) is 27.7. The van der Waals surface area contributed by atoms with Crippen LogP contribution in [0, 0.1) is 23.7 Å². The SMILES string of the molecule is NC1C2CCC1CC(OCc1c(-c3ccccc3OC(F)(F)F)noc1C1CC1)C2.O=S(=O)(Cl)c1cccc2ccccc12.O=S(=O)(NC1C2CCC1CC(OCc1c(-c3ccccc3OC(F)(F)F)noc1C1CC1)C2)c1cccc2ccccc12. The molecule has 14 nitrogen and oxygen atoms in total. The maximum atomic E-state index is 13.5. The Morgan fingerprint density at radius 1 is 0.517 bits per heavy atom. The highest BCUT2D eigenvalue weighted by Gasteiger charge is 2.46. The van der Waals surface area contributed by atoms with Crippen LogP contribution in [-0.2, 0) is 41.8 Å². The number of ether oxygens (including phenoxy) is 4. The van der Waals surface area contributed by atoms with E-state index in [-0.39, 0.29) is 93.6 Å². The lowest BCUT2D eigenvalue weighted by molar-refractivity contribution is -0.275. The van der Waals surface area contributed by atoms with Gasteiger partial charge in [0.15, 0.2) is 0 Å². The second kappa shape index (κ2) is 24.8. The number of alkyl halides is 6. The summed E-state index contributed by atoms with van der Waals surface area (Å²) in [5.41, 5.74) is 8.78. The third kappa shape index (κ3) is 14.0. The van der Waals surface area contributed by atoms with Gasteiger partial charge in [-0.05, 0) is 148 Å². The van der Waals surface area contributed by atoms with Gasteiger partial charge in [-0.1, -0.05) is 107 Å². The number of hydrogen-bond acceptors (Lipinski definition) is 13. The molecular formula is C64H63ClF6N4O10S2. The van der Waals surface area contributed by atoms with E-state index < -0.39 is 31.8 Å². The molecule has 6 fully saturated rings. The zero-order valence-electron chi connectivity index (χ0n) is 46.9. The molecule has 6 saturated carbocycles. The Morgan fingerprint density at radius 2 is 0.908 bits per heavy atom. The van der Waals surface area contributed by atoms with Crippen molar-refractivity contribution in [3.8, 4) is 34.0 Å².